The number of para-hydroxylation sites is 2. The number of nitrogens with one attached hydrogen (secondary N) is 1. The number of carbonyl (C=O) groups is 1. The van der Waals surface area contributed by atoms with Crippen LogP contribution in [0.4, 0.5) is 5.69 Å². The lowest BCUT2D eigenvalue weighted by Crippen LogP contribution is -2.46. The van der Waals surface area contributed by atoms with Gasteiger partial charge in [0.25, 0.3) is 5.91 Å². The fourth-order valence-corrected chi connectivity index (χ4v) is 3.79. The van der Waals surface area contributed by atoms with Gasteiger partial charge in [-0.25, -0.2) is 0 Å². The van der Waals surface area contributed by atoms with Gasteiger partial charge in [0.15, 0.2) is 0 Å². The van der Waals surface area contributed by atoms with E-state index in [-0.39, 0.29) is 18.1 Å². The molecule has 1 N–H and O–H groups in total. The summed E-state index contributed by atoms with van der Waals surface area (Å²) in [6.45, 7) is 4.67. The van der Waals surface area contributed by atoms with E-state index >= 15 is 0 Å². The normalized spacial score (nSPS) is 15.8. The van der Waals surface area contributed by atoms with Crippen molar-refractivity contribution in [3.63, 3.8) is 0 Å². The van der Waals surface area contributed by atoms with E-state index in [4.69, 9.17) is 4.74 Å². The fraction of sp³-hybridized carbons (Fsp3) is 0.240. The third-order valence-corrected chi connectivity index (χ3v) is 5.22. The predicted molar refractivity (Wildman–Crippen MR) is 116 cm³/mol. The van der Waals surface area contributed by atoms with Gasteiger partial charge in [-0.15, -0.1) is 0 Å². The number of amides is 1. The zero-order valence-electron chi connectivity index (χ0n) is 16.8. The maximum absolute atomic E-state index is 13.2. The van der Waals surface area contributed by atoms with E-state index in [1.165, 1.54) is 5.56 Å². The molecule has 0 radical (unpaired) electrons. The summed E-state index contributed by atoms with van der Waals surface area (Å²) in [7, 11) is 0. The Morgan fingerprint density at radius 2 is 1.62 bits per heavy atom. The summed E-state index contributed by atoms with van der Waals surface area (Å²) in [5, 5.41) is 3.55. The SMILES string of the molecule is CC(C)N1C(=O)c2ccccc2NC1c1ccccc1OCCc1ccccc1. The van der Waals surface area contributed by atoms with Crippen molar-refractivity contribution in [2.75, 3.05) is 11.9 Å². The molecule has 4 rings (SSSR count). The lowest BCUT2D eigenvalue weighted by molar-refractivity contribution is 0.0614. The smallest absolute Gasteiger partial charge is 0.258 e. The van der Waals surface area contributed by atoms with Gasteiger partial charge in [0.05, 0.1) is 12.2 Å². The van der Waals surface area contributed by atoms with Crippen molar-refractivity contribution < 1.29 is 9.53 Å². The molecule has 1 atom stereocenters. The number of benzene rings is 3. The molecular formula is C25H26N2O2. The van der Waals surface area contributed by atoms with Crippen molar-refractivity contribution in [2.45, 2.75) is 32.5 Å². The van der Waals surface area contributed by atoms with Crippen molar-refractivity contribution in [3.8, 4) is 5.75 Å². The number of nitrogens with zero attached hydrogens (tertiary/aromatic N) is 1. The average molecular weight is 386 g/mol. The number of ether oxygens (including phenoxy) is 1. The third kappa shape index (κ3) is 3.97. The second-order valence-electron chi connectivity index (χ2n) is 7.52. The molecule has 1 heterocycles. The van der Waals surface area contributed by atoms with E-state index < -0.39 is 0 Å². The van der Waals surface area contributed by atoms with E-state index in [9.17, 15) is 4.79 Å². The first-order chi connectivity index (χ1) is 14.1. The van der Waals surface area contributed by atoms with Crippen molar-refractivity contribution in [3.05, 3.63) is 95.6 Å². The van der Waals surface area contributed by atoms with Crippen molar-refractivity contribution in [1.29, 1.82) is 0 Å². The summed E-state index contributed by atoms with van der Waals surface area (Å²) < 4.78 is 6.17. The van der Waals surface area contributed by atoms with Gasteiger partial charge < -0.3 is 15.0 Å². The van der Waals surface area contributed by atoms with Crippen LogP contribution in [0.5, 0.6) is 5.75 Å². The molecule has 0 spiro atoms. The van der Waals surface area contributed by atoms with Crippen LogP contribution in [0.2, 0.25) is 0 Å². The molecule has 29 heavy (non-hydrogen) atoms. The first-order valence-corrected chi connectivity index (χ1v) is 10.1. The van der Waals surface area contributed by atoms with Crippen LogP contribution >= 0.6 is 0 Å². The highest BCUT2D eigenvalue weighted by Crippen LogP contribution is 2.37. The highest BCUT2D eigenvalue weighted by atomic mass is 16.5. The Hall–Kier alpha value is -3.27. The predicted octanol–water partition coefficient (Wildman–Crippen LogP) is 5.28. The van der Waals surface area contributed by atoms with E-state index in [1.54, 1.807) is 0 Å². The molecule has 0 saturated carbocycles. The second-order valence-corrected chi connectivity index (χ2v) is 7.52. The molecule has 1 aliphatic rings. The van der Waals surface area contributed by atoms with E-state index in [0.717, 1.165) is 23.4 Å². The van der Waals surface area contributed by atoms with Gasteiger partial charge in [0.2, 0.25) is 0 Å². The van der Waals surface area contributed by atoms with Gasteiger partial charge in [0.1, 0.15) is 11.9 Å². The van der Waals surface area contributed by atoms with Gasteiger partial charge in [-0.3, -0.25) is 4.79 Å². The molecule has 0 aliphatic carbocycles. The molecule has 0 aromatic heterocycles. The molecule has 4 heteroatoms. The van der Waals surface area contributed by atoms with Gasteiger partial charge in [-0.05, 0) is 37.6 Å². The van der Waals surface area contributed by atoms with Crippen LogP contribution < -0.4 is 10.1 Å². The zero-order chi connectivity index (χ0) is 20.2. The van der Waals surface area contributed by atoms with Crippen molar-refractivity contribution in [2.24, 2.45) is 0 Å². The number of anilines is 1. The summed E-state index contributed by atoms with van der Waals surface area (Å²) >= 11 is 0. The van der Waals surface area contributed by atoms with Crippen LogP contribution in [-0.4, -0.2) is 23.5 Å². The largest absolute Gasteiger partial charge is 0.493 e. The summed E-state index contributed by atoms with van der Waals surface area (Å²) in [5.41, 5.74) is 3.78. The molecule has 148 valence electrons. The second kappa shape index (κ2) is 8.39. The van der Waals surface area contributed by atoms with Crippen molar-refractivity contribution in [1.82, 2.24) is 4.90 Å². The van der Waals surface area contributed by atoms with Crippen LogP contribution in [0, 0.1) is 0 Å². The molecule has 0 bridgehead atoms. The Labute approximate surface area is 172 Å². The molecular weight excluding hydrogens is 360 g/mol. The number of carbonyl (C=O) groups excluding carboxylic acids is 1. The minimum Gasteiger partial charge on any atom is -0.493 e. The third-order valence-electron chi connectivity index (χ3n) is 5.22. The molecule has 1 unspecified atom stereocenters. The average Bonchev–Trinajstić information content (AvgIpc) is 2.74. The van der Waals surface area contributed by atoms with Gasteiger partial charge >= 0.3 is 0 Å². The molecule has 0 fully saturated rings. The monoisotopic (exact) mass is 386 g/mol. The Kier molecular flexibility index (Phi) is 5.52. The highest BCUT2D eigenvalue weighted by molar-refractivity contribution is 6.01. The van der Waals surface area contributed by atoms with E-state index in [0.29, 0.717) is 12.2 Å². The zero-order valence-corrected chi connectivity index (χ0v) is 16.8. The van der Waals surface area contributed by atoms with Crippen LogP contribution in [0.25, 0.3) is 0 Å². The van der Waals surface area contributed by atoms with Crippen LogP contribution in [0.15, 0.2) is 78.9 Å². The Morgan fingerprint density at radius 1 is 0.931 bits per heavy atom. The summed E-state index contributed by atoms with van der Waals surface area (Å²) in [5.74, 6) is 0.845. The lowest BCUT2D eigenvalue weighted by Gasteiger charge is -2.41. The number of hydrogen-bond acceptors (Lipinski definition) is 3. The number of fused-ring (bicyclic) bond motifs is 1. The number of rotatable bonds is 6. The summed E-state index contributed by atoms with van der Waals surface area (Å²) in [4.78, 5) is 15.1. The molecule has 4 nitrogen and oxygen atoms in total. The molecule has 1 amide bonds. The minimum absolute atomic E-state index is 0.0402. The quantitative estimate of drug-likeness (QED) is 0.626. The summed E-state index contributed by atoms with van der Waals surface area (Å²) in [6.07, 6.45) is 0.563. The van der Waals surface area contributed by atoms with E-state index in [1.807, 2.05) is 85.5 Å². The molecule has 3 aromatic rings. The standard InChI is InChI=1S/C25H26N2O2/c1-18(2)27-24(26-22-14-8-6-12-20(22)25(27)28)21-13-7-9-15-23(21)29-17-16-19-10-4-3-5-11-19/h3-15,18,24,26H,16-17H2,1-2H3. The van der Waals surface area contributed by atoms with Crippen LogP contribution in [0.3, 0.4) is 0 Å². The Morgan fingerprint density at radius 3 is 2.41 bits per heavy atom. The van der Waals surface area contributed by atoms with Gasteiger partial charge in [-0.1, -0.05) is 60.7 Å². The lowest BCUT2D eigenvalue weighted by atomic mass is 10.0. The molecule has 1 aliphatic heterocycles. The van der Waals surface area contributed by atoms with Crippen LogP contribution in [-0.2, 0) is 6.42 Å². The number of hydrogen-bond donors (Lipinski definition) is 1. The maximum atomic E-state index is 13.2. The van der Waals surface area contributed by atoms with E-state index in [2.05, 4.69) is 17.4 Å². The Bertz CT molecular complexity index is 985. The van der Waals surface area contributed by atoms with Gasteiger partial charge in [0, 0.05) is 23.7 Å². The topological polar surface area (TPSA) is 41.6 Å². The Balaban J connectivity index is 1.61. The van der Waals surface area contributed by atoms with Crippen LogP contribution in [0.1, 0.15) is 41.5 Å². The first-order valence-electron chi connectivity index (χ1n) is 10.1. The minimum atomic E-state index is -0.273. The first kappa shape index (κ1) is 19.1. The van der Waals surface area contributed by atoms with Gasteiger partial charge in [-0.2, -0.15) is 0 Å². The fourth-order valence-electron chi connectivity index (χ4n) is 3.79. The highest BCUT2D eigenvalue weighted by Gasteiger charge is 2.35. The molecule has 3 aromatic carbocycles. The van der Waals surface area contributed by atoms with Crippen molar-refractivity contribution >= 4 is 11.6 Å². The molecule has 0 saturated heterocycles. The maximum Gasteiger partial charge on any atom is 0.258 e. The summed E-state index contributed by atoms with van der Waals surface area (Å²) in [6, 6.07) is 26.0.